The van der Waals surface area contributed by atoms with E-state index < -0.39 is 0 Å². The zero-order valence-electron chi connectivity index (χ0n) is 14.5. The van der Waals surface area contributed by atoms with Gasteiger partial charge in [-0.2, -0.15) is 0 Å². The number of para-hydroxylation sites is 1. The van der Waals surface area contributed by atoms with Crippen LogP contribution in [0.1, 0.15) is 26.4 Å². The smallest absolute Gasteiger partial charge is 0.255 e. The second-order valence-electron chi connectivity index (χ2n) is 6.19. The molecule has 0 bridgehead atoms. The summed E-state index contributed by atoms with van der Waals surface area (Å²) >= 11 is 0. The fourth-order valence-electron chi connectivity index (χ4n) is 2.91. The monoisotopic (exact) mass is 355 g/mol. The summed E-state index contributed by atoms with van der Waals surface area (Å²) in [4.78, 5) is 29.1. The van der Waals surface area contributed by atoms with Crippen LogP contribution in [0.5, 0.6) is 0 Å². The summed E-state index contributed by atoms with van der Waals surface area (Å²) in [6.07, 6.45) is 3.68. The SMILES string of the molecule is O=C(Nc1ccccc1)c1ccc(CC(=O)c2cnc3ccccn23)cc1. The Morgan fingerprint density at radius 3 is 2.41 bits per heavy atom. The Balaban J connectivity index is 1.46. The van der Waals surface area contributed by atoms with Crippen LogP contribution in [0.3, 0.4) is 0 Å². The third kappa shape index (κ3) is 3.62. The molecular weight excluding hydrogens is 338 g/mol. The number of Topliss-reactive ketones (excluding diaryl/α,β-unsaturated/α-hetero) is 1. The maximum Gasteiger partial charge on any atom is 0.255 e. The molecule has 1 amide bonds. The minimum absolute atomic E-state index is 0.0183. The van der Waals surface area contributed by atoms with Crippen LogP contribution in [0, 0.1) is 0 Å². The van der Waals surface area contributed by atoms with E-state index in [9.17, 15) is 9.59 Å². The number of fused-ring (bicyclic) bond motifs is 1. The van der Waals surface area contributed by atoms with Crippen molar-refractivity contribution in [1.82, 2.24) is 9.38 Å². The van der Waals surface area contributed by atoms with Crippen molar-refractivity contribution in [3.63, 3.8) is 0 Å². The second-order valence-corrected chi connectivity index (χ2v) is 6.19. The lowest BCUT2D eigenvalue weighted by molar-refractivity contribution is 0.0986. The molecule has 0 aliphatic rings. The minimum Gasteiger partial charge on any atom is -0.322 e. The molecule has 0 aliphatic carbocycles. The molecular formula is C22H17N3O2. The minimum atomic E-state index is -0.180. The van der Waals surface area contributed by atoms with E-state index in [2.05, 4.69) is 10.3 Å². The predicted molar refractivity (Wildman–Crippen MR) is 104 cm³/mol. The van der Waals surface area contributed by atoms with E-state index in [-0.39, 0.29) is 18.1 Å². The molecule has 0 aliphatic heterocycles. The molecule has 132 valence electrons. The van der Waals surface area contributed by atoms with Gasteiger partial charge >= 0.3 is 0 Å². The number of carbonyl (C=O) groups excluding carboxylic acids is 2. The molecule has 4 aromatic rings. The van der Waals surface area contributed by atoms with Crippen LogP contribution in [0.25, 0.3) is 5.65 Å². The van der Waals surface area contributed by atoms with Gasteiger partial charge in [-0.25, -0.2) is 4.98 Å². The highest BCUT2D eigenvalue weighted by atomic mass is 16.1. The summed E-state index contributed by atoms with van der Waals surface area (Å²) in [5.41, 5.74) is 3.44. The summed E-state index contributed by atoms with van der Waals surface area (Å²) in [6, 6.07) is 22.0. The van der Waals surface area contributed by atoms with Gasteiger partial charge in [-0.05, 0) is 42.0 Å². The number of carbonyl (C=O) groups is 2. The van der Waals surface area contributed by atoms with Gasteiger partial charge in [-0.15, -0.1) is 0 Å². The van der Waals surface area contributed by atoms with E-state index >= 15 is 0 Å². The normalized spacial score (nSPS) is 10.7. The van der Waals surface area contributed by atoms with E-state index in [4.69, 9.17) is 0 Å². The van der Waals surface area contributed by atoms with Crippen molar-refractivity contribution in [2.24, 2.45) is 0 Å². The number of aromatic nitrogens is 2. The molecule has 27 heavy (non-hydrogen) atoms. The fraction of sp³-hybridized carbons (Fsp3) is 0.0455. The number of ketones is 1. The topological polar surface area (TPSA) is 63.5 Å². The van der Waals surface area contributed by atoms with Crippen molar-refractivity contribution >= 4 is 23.0 Å². The molecule has 5 nitrogen and oxygen atoms in total. The number of hydrogen-bond acceptors (Lipinski definition) is 3. The molecule has 5 heteroatoms. The Labute approximate surface area is 156 Å². The first-order valence-corrected chi connectivity index (χ1v) is 8.61. The highest BCUT2D eigenvalue weighted by molar-refractivity contribution is 6.04. The van der Waals surface area contributed by atoms with Gasteiger partial charge < -0.3 is 5.32 Å². The van der Waals surface area contributed by atoms with Crippen molar-refractivity contribution in [2.45, 2.75) is 6.42 Å². The van der Waals surface area contributed by atoms with Crippen LogP contribution < -0.4 is 5.32 Å². The van der Waals surface area contributed by atoms with Crippen LogP contribution in [0.2, 0.25) is 0 Å². The van der Waals surface area contributed by atoms with Crippen LogP contribution in [-0.4, -0.2) is 21.1 Å². The average Bonchev–Trinajstić information content (AvgIpc) is 3.13. The summed E-state index contributed by atoms with van der Waals surface area (Å²) in [5.74, 6) is -0.198. The molecule has 1 N–H and O–H groups in total. The zero-order chi connectivity index (χ0) is 18.6. The lowest BCUT2D eigenvalue weighted by Gasteiger charge is -2.06. The van der Waals surface area contributed by atoms with Gasteiger partial charge in [0.15, 0.2) is 5.78 Å². The predicted octanol–water partition coefficient (Wildman–Crippen LogP) is 4.01. The molecule has 0 atom stereocenters. The first-order valence-electron chi connectivity index (χ1n) is 8.61. The summed E-state index contributed by atoms with van der Waals surface area (Å²) in [6.45, 7) is 0. The van der Waals surface area contributed by atoms with Gasteiger partial charge in [0.25, 0.3) is 5.91 Å². The van der Waals surface area contributed by atoms with Gasteiger partial charge in [0.05, 0.1) is 6.20 Å². The number of rotatable bonds is 5. The first kappa shape index (κ1) is 16.7. The van der Waals surface area contributed by atoms with Crippen molar-refractivity contribution in [3.05, 3.63) is 102 Å². The van der Waals surface area contributed by atoms with E-state index in [0.29, 0.717) is 11.3 Å². The number of nitrogens with one attached hydrogen (secondary N) is 1. The molecule has 0 spiro atoms. The fourth-order valence-corrected chi connectivity index (χ4v) is 2.91. The van der Waals surface area contributed by atoms with Gasteiger partial charge in [-0.1, -0.05) is 36.4 Å². The van der Waals surface area contributed by atoms with Gasteiger partial charge in [-0.3, -0.25) is 14.0 Å². The molecule has 0 saturated heterocycles. The van der Waals surface area contributed by atoms with E-state index in [1.165, 1.54) is 0 Å². The van der Waals surface area contributed by atoms with Crippen LogP contribution in [0.4, 0.5) is 5.69 Å². The molecule has 2 aromatic heterocycles. The maximum absolute atomic E-state index is 12.6. The Morgan fingerprint density at radius 2 is 1.63 bits per heavy atom. The Hall–Kier alpha value is -3.73. The standard InChI is InChI=1S/C22H17N3O2/c26-20(19-15-23-21-8-4-5-13-25(19)21)14-16-9-11-17(12-10-16)22(27)24-18-6-2-1-3-7-18/h1-13,15H,14H2,(H,24,27). The second kappa shape index (κ2) is 7.25. The number of pyridine rings is 1. The number of hydrogen-bond donors (Lipinski definition) is 1. The molecule has 0 fully saturated rings. The summed E-state index contributed by atoms with van der Waals surface area (Å²) in [5, 5.41) is 2.84. The molecule has 2 heterocycles. The van der Waals surface area contributed by atoms with Crippen LogP contribution >= 0.6 is 0 Å². The Morgan fingerprint density at radius 1 is 0.889 bits per heavy atom. The lowest BCUT2D eigenvalue weighted by atomic mass is 10.0. The highest BCUT2D eigenvalue weighted by Gasteiger charge is 2.13. The molecule has 2 aromatic carbocycles. The molecule has 0 radical (unpaired) electrons. The number of imidazole rings is 1. The average molecular weight is 355 g/mol. The first-order chi connectivity index (χ1) is 13.2. The quantitative estimate of drug-likeness (QED) is 0.550. The zero-order valence-corrected chi connectivity index (χ0v) is 14.5. The van der Waals surface area contributed by atoms with Crippen molar-refractivity contribution < 1.29 is 9.59 Å². The Kier molecular flexibility index (Phi) is 4.49. The van der Waals surface area contributed by atoms with Crippen LogP contribution in [-0.2, 0) is 6.42 Å². The van der Waals surface area contributed by atoms with E-state index in [0.717, 1.165) is 16.9 Å². The van der Waals surface area contributed by atoms with Crippen LogP contribution in [0.15, 0.2) is 85.2 Å². The third-order valence-corrected chi connectivity index (χ3v) is 4.32. The molecule has 0 unspecified atom stereocenters. The summed E-state index contributed by atoms with van der Waals surface area (Å²) in [7, 11) is 0. The van der Waals surface area contributed by atoms with Gasteiger partial charge in [0.1, 0.15) is 11.3 Å². The molecule has 4 rings (SSSR count). The number of nitrogens with zero attached hydrogens (tertiary/aromatic N) is 2. The number of benzene rings is 2. The number of anilines is 1. The van der Waals surface area contributed by atoms with E-state index in [1.807, 2.05) is 54.7 Å². The largest absolute Gasteiger partial charge is 0.322 e. The third-order valence-electron chi connectivity index (χ3n) is 4.32. The van der Waals surface area contributed by atoms with E-state index in [1.54, 1.807) is 34.9 Å². The Bertz CT molecular complexity index is 1100. The van der Waals surface area contributed by atoms with Crippen molar-refractivity contribution in [1.29, 1.82) is 0 Å². The van der Waals surface area contributed by atoms with Crippen molar-refractivity contribution in [2.75, 3.05) is 5.32 Å². The summed E-state index contributed by atoms with van der Waals surface area (Å²) < 4.78 is 1.78. The maximum atomic E-state index is 12.6. The highest BCUT2D eigenvalue weighted by Crippen LogP contribution is 2.13. The lowest BCUT2D eigenvalue weighted by Crippen LogP contribution is -2.12. The number of amides is 1. The van der Waals surface area contributed by atoms with Crippen molar-refractivity contribution in [3.8, 4) is 0 Å². The molecule has 0 saturated carbocycles. The van der Waals surface area contributed by atoms with Gasteiger partial charge in [0.2, 0.25) is 0 Å². The van der Waals surface area contributed by atoms with Gasteiger partial charge in [0, 0.05) is 23.9 Å².